The highest BCUT2D eigenvalue weighted by atomic mass is 16.7. The molecule has 15 nitrogen and oxygen atoms in total. The molecule has 0 aromatic heterocycles. The zero-order chi connectivity index (χ0) is 41.3. The van der Waals surface area contributed by atoms with Crippen molar-refractivity contribution in [2.45, 2.75) is 76.3 Å². The number of nitrogens with two attached hydrogens (primary N) is 2. The van der Waals surface area contributed by atoms with Gasteiger partial charge in [0, 0.05) is 47.8 Å². The van der Waals surface area contributed by atoms with Crippen LogP contribution in [0, 0.1) is 0 Å². The summed E-state index contributed by atoms with van der Waals surface area (Å²) in [6, 6.07) is 16.4. The normalized spacial score (nSPS) is 20.1. The van der Waals surface area contributed by atoms with Crippen molar-refractivity contribution in [1.29, 1.82) is 0 Å². The minimum atomic E-state index is -3.09. The Labute approximate surface area is 327 Å². The molecular formula is C42H44N2O13. The van der Waals surface area contributed by atoms with Crippen molar-refractivity contribution in [2.75, 3.05) is 6.61 Å². The number of ether oxygens (including phenoxy) is 3. The van der Waals surface area contributed by atoms with Crippen LogP contribution in [-0.2, 0) is 29.0 Å². The maximum atomic E-state index is 14.8. The smallest absolute Gasteiger partial charge is 0.308 e. The van der Waals surface area contributed by atoms with Crippen LogP contribution in [0.1, 0.15) is 97.2 Å². The fourth-order valence-corrected chi connectivity index (χ4v) is 7.11. The van der Waals surface area contributed by atoms with E-state index in [-0.39, 0.29) is 57.9 Å². The van der Waals surface area contributed by atoms with E-state index < -0.39 is 72.0 Å². The molecule has 1 fully saturated rings. The maximum Gasteiger partial charge on any atom is 0.308 e. The molecule has 0 bridgehead atoms. The van der Waals surface area contributed by atoms with Gasteiger partial charge in [0.15, 0.2) is 17.7 Å². The molecule has 4 atom stereocenters. The number of esters is 1. The highest BCUT2D eigenvalue weighted by Crippen LogP contribution is 2.45. The van der Waals surface area contributed by atoms with Crippen LogP contribution in [0.25, 0.3) is 12.2 Å². The summed E-state index contributed by atoms with van der Waals surface area (Å²) in [5.41, 5.74) is 13.0. The minimum Gasteiger partial charge on any atom is -0.507 e. The highest BCUT2D eigenvalue weighted by Gasteiger charge is 2.54. The van der Waals surface area contributed by atoms with Crippen LogP contribution in [0.15, 0.2) is 60.7 Å². The monoisotopic (exact) mass is 784 g/mol. The molecule has 1 saturated heterocycles. The second kappa shape index (κ2) is 16.6. The fourth-order valence-electron chi connectivity index (χ4n) is 7.11. The van der Waals surface area contributed by atoms with Gasteiger partial charge in [-0.3, -0.25) is 14.4 Å². The predicted molar refractivity (Wildman–Crippen MR) is 204 cm³/mol. The van der Waals surface area contributed by atoms with Crippen LogP contribution in [0.5, 0.6) is 17.2 Å². The van der Waals surface area contributed by atoms with Crippen LogP contribution < -0.4 is 20.9 Å². The third kappa shape index (κ3) is 8.11. The number of aliphatic hydroxyl groups excluding tert-OH is 4. The first-order valence-corrected chi connectivity index (χ1v) is 18.2. The number of rotatable bonds is 12. The number of aromatic hydroxyl groups is 1. The van der Waals surface area contributed by atoms with E-state index in [4.69, 9.17) is 25.7 Å². The number of carbonyl (C=O) groups is 3. The SMILES string of the molecule is CC(=O)Oc1cc(CO)c2c(c1C=Cc1cccc(CCCO)c1)C(=O)c1cc(O[C@H]3O[C@H](C)[C@@H](O)C(O)(O)[C@H]3O)c(Cc3cccc(C(N)N)c3)c(O)c1C2=O. The average molecular weight is 785 g/mol. The Morgan fingerprint density at radius 1 is 0.912 bits per heavy atom. The topological polar surface area (TPSA) is 273 Å². The number of phenolic OH excluding ortho intramolecular Hbond substituents is 1. The van der Waals surface area contributed by atoms with E-state index >= 15 is 0 Å². The Morgan fingerprint density at radius 2 is 1.63 bits per heavy atom. The summed E-state index contributed by atoms with van der Waals surface area (Å²) in [6.45, 7) is 1.70. The van der Waals surface area contributed by atoms with Crippen molar-refractivity contribution in [3.05, 3.63) is 122 Å². The van der Waals surface area contributed by atoms with Crippen LogP contribution in [0.2, 0.25) is 0 Å². The lowest BCUT2D eigenvalue weighted by Crippen LogP contribution is -2.67. The molecule has 0 amide bonds. The van der Waals surface area contributed by atoms with Crippen molar-refractivity contribution >= 4 is 29.7 Å². The van der Waals surface area contributed by atoms with Crippen LogP contribution in [-0.4, -0.2) is 90.3 Å². The summed E-state index contributed by atoms with van der Waals surface area (Å²) in [4.78, 5) is 41.7. The van der Waals surface area contributed by atoms with Crippen molar-refractivity contribution < 1.29 is 64.3 Å². The van der Waals surface area contributed by atoms with Gasteiger partial charge in [0.1, 0.15) is 23.4 Å². The molecule has 1 aliphatic heterocycles. The molecule has 300 valence electrons. The Kier molecular flexibility index (Phi) is 12.1. The van der Waals surface area contributed by atoms with E-state index in [0.717, 1.165) is 18.6 Å². The summed E-state index contributed by atoms with van der Waals surface area (Å²) in [5, 5.41) is 74.1. The van der Waals surface area contributed by atoms with E-state index in [1.54, 1.807) is 36.4 Å². The van der Waals surface area contributed by atoms with Crippen molar-refractivity contribution in [1.82, 2.24) is 0 Å². The Hall–Kier alpha value is -5.33. The summed E-state index contributed by atoms with van der Waals surface area (Å²) < 4.78 is 17.1. The number of aliphatic hydroxyl groups is 6. The van der Waals surface area contributed by atoms with Crippen molar-refractivity contribution in [3.63, 3.8) is 0 Å². The second-order valence-corrected chi connectivity index (χ2v) is 14.1. The van der Waals surface area contributed by atoms with Gasteiger partial charge in [0.2, 0.25) is 12.1 Å². The summed E-state index contributed by atoms with van der Waals surface area (Å²) in [7, 11) is 0. The molecule has 0 spiro atoms. The summed E-state index contributed by atoms with van der Waals surface area (Å²) in [5.74, 6) is -6.67. The standard InChI is InChI=1S/C42H44N2O13/c1-20-38(51)42(53,54)39(52)41(55-20)57-31-18-29-34(35(48)28(31)16-24-8-4-10-25(15-24)40(43)44)37(50)32-26(19-46)17-30(56-21(2)47)27(33(32)36(29)49)12-11-23-7-3-6-22(14-23)9-5-13-45/h3-4,6-8,10-12,14-15,17-18,20,38-41,45-46,48,51-54H,5,9,13,16,19,43-44H2,1-2H3/t20-,38-,39+,41-/m1/s1. The predicted octanol–water partition coefficient (Wildman–Crippen LogP) is 1.71. The zero-order valence-corrected chi connectivity index (χ0v) is 31.1. The molecule has 1 heterocycles. The lowest BCUT2D eigenvalue weighted by molar-refractivity contribution is -0.371. The molecule has 15 heteroatoms. The first kappa shape index (κ1) is 41.3. The van der Waals surface area contributed by atoms with Crippen molar-refractivity contribution in [3.8, 4) is 17.2 Å². The molecule has 2 aliphatic rings. The minimum absolute atomic E-state index is 0.00685. The molecule has 6 rings (SSSR count). The largest absolute Gasteiger partial charge is 0.507 e. The van der Waals surface area contributed by atoms with Gasteiger partial charge in [-0.25, -0.2) is 0 Å². The van der Waals surface area contributed by atoms with Gasteiger partial charge >= 0.3 is 5.97 Å². The number of hydrogen-bond donors (Lipinski definition) is 9. The number of benzene rings is 4. The van der Waals surface area contributed by atoms with Gasteiger partial charge in [-0.1, -0.05) is 54.6 Å². The van der Waals surface area contributed by atoms with E-state index in [1.807, 2.05) is 18.2 Å². The molecule has 11 N–H and O–H groups in total. The molecule has 4 aromatic rings. The van der Waals surface area contributed by atoms with E-state index in [0.29, 0.717) is 29.5 Å². The quantitative estimate of drug-likeness (QED) is 0.0377. The van der Waals surface area contributed by atoms with Crippen LogP contribution >= 0.6 is 0 Å². The lowest BCUT2D eigenvalue weighted by atomic mass is 9.77. The number of hydrogen-bond acceptors (Lipinski definition) is 15. The molecule has 0 saturated carbocycles. The third-order valence-corrected chi connectivity index (χ3v) is 10.0. The van der Waals surface area contributed by atoms with Gasteiger partial charge in [0.25, 0.3) is 0 Å². The van der Waals surface area contributed by atoms with E-state index in [1.165, 1.54) is 19.1 Å². The van der Waals surface area contributed by atoms with Gasteiger partial charge in [-0.05, 0) is 65.8 Å². The average Bonchev–Trinajstić information content (AvgIpc) is 3.17. The first-order valence-electron chi connectivity index (χ1n) is 18.2. The second-order valence-electron chi connectivity index (χ2n) is 14.1. The molecule has 1 aliphatic carbocycles. The number of aryl methyl sites for hydroxylation is 1. The van der Waals surface area contributed by atoms with Gasteiger partial charge in [-0.15, -0.1) is 0 Å². The summed E-state index contributed by atoms with van der Waals surface area (Å²) >= 11 is 0. The van der Waals surface area contributed by atoms with Crippen molar-refractivity contribution in [2.24, 2.45) is 11.5 Å². The Bertz CT molecular complexity index is 2250. The van der Waals surface area contributed by atoms with E-state index in [2.05, 4.69) is 0 Å². The Morgan fingerprint density at radius 3 is 2.32 bits per heavy atom. The highest BCUT2D eigenvalue weighted by molar-refractivity contribution is 6.31. The number of carbonyl (C=O) groups excluding carboxylic acids is 3. The van der Waals surface area contributed by atoms with Gasteiger partial charge in [-0.2, -0.15) is 0 Å². The Balaban J connectivity index is 1.55. The number of ketones is 2. The number of phenols is 1. The maximum absolute atomic E-state index is 14.8. The molecule has 0 unspecified atom stereocenters. The fraction of sp³-hybridized carbons (Fsp3) is 0.310. The molecule has 4 aromatic carbocycles. The van der Waals surface area contributed by atoms with Gasteiger partial charge in [0.05, 0.1) is 24.4 Å². The first-order chi connectivity index (χ1) is 27.1. The summed E-state index contributed by atoms with van der Waals surface area (Å²) in [6.07, 6.45) is -4.11. The molecular weight excluding hydrogens is 740 g/mol. The van der Waals surface area contributed by atoms with Crippen LogP contribution in [0.4, 0.5) is 0 Å². The van der Waals surface area contributed by atoms with Crippen LogP contribution in [0.3, 0.4) is 0 Å². The number of fused-ring (bicyclic) bond motifs is 2. The van der Waals surface area contributed by atoms with E-state index in [9.17, 15) is 50.1 Å². The molecule has 57 heavy (non-hydrogen) atoms. The zero-order valence-electron chi connectivity index (χ0n) is 31.1. The third-order valence-electron chi connectivity index (χ3n) is 10.0. The van der Waals surface area contributed by atoms with Gasteiger partial charge < -0.3 is 61.4 Å². The lowest BCUT2D eigenvalue weighted by Gasteiger charge is -2.44. The molecule has 0 radical (unpaired) electrons.